The minimum absolute atomic E-state index is 0.0263. The van der Waals surface area contributed by atoms with Crippen molar-refractivity contribution in [1.29, 1.82) is 5.41 Å². The highest BCUT2D eigenvalue weighted by Crippen LogP contribution is 2.38. The third-order valence-electron chi connectivity index (χ3n) is 4.53. The highest BCUT2D eigenvalue weighted by molar-refractivity contribution is 7.12. The van der Waals surface area contributed by atoms with E-state index in [1.165, 1.54) is 9.78 Å². The predicted octanol–water partition coefficient (Wildman–Crippen LogP) is 3.77. The van der Waals surface area contributed by atoms with Crippen molar-refractivity contribution in [2.45, 2.75) is 26.8 Å². The van der Waals surface area contributed by atoms with Gasteiger partial charge in [-0.25, -0.2) is 0 Å². The van der Waals surface area contributed by atoms with E-state index in [0.717, 1.165) is 21.6 Å². The molecule has 0 aliphatic carbocycles. The number of benzene rings is 1. The molecule has 0 saturated carbocycles. The summed E-state index contributed by atoms with van der Waals surface area (Å²) in [4.78, 5) is 16.0. The number of nitrogens with zero attached hydrogens (tertiary/aromatic N) is 1. The van der Waals surface area contributed by atoms with Gasteiger partial charge in [0.05, 0.1) is 12.0 Å². The molecule has 0 spiro atoms. The van der Waals surface area contributed by atoms with Gasteiger partial charge in [-0.3, -0.25) is 15.1 Å². The van der Waals surface area contributed by atoms with E-state index in [2.05, 4.69) is 42.3 Å². The fourth-order valence-electron chi connectivity index (χ4n) is 3.10. The molecule has 2 N–H and O–H groups in total. The van der Waals surface area contributed by atoms with Gasteiger partial charge in [0.1, 0.15) is 0 Å². The molecule has 1 aromatic heterocycles. The fraction of sp³-hybridized carbons (Fsp3) is 0.300. The third kappa shape index (κ3) is 3.18. The van der Waals surface area contributed by atoms with Crippen LogP contribution in [0, 0.1) is 30.1 Å². The summed E-state index contributed by atoms with van der Waals surface area (Å²) in [5, 5.41) is 11.1. The van der Waals surface area contributed by atoms with Crippen LogP contribution >= 0.6 is 11.3 Å². The van der Waals surface area contributed by atoms with Gasteiger partial charge in [-0.05, 0) is 43.2 Å². The largest absolute Gasteiger partial charge is 0.348 e. The second-order valence-corrected chi connectivity index (χ2v) is 7.52. The van der Waals surface area contributed by atoms with Crippen molar-refractivity contribution >= 4 is 23.2 Å². The quantitative estimate of drug-likeness (QED) is 0.809. The maximum absolute atomic E-state index is 12.3. The van der Waals surface area contributed by atoms with Crippen LogP contribution in [-0.2, 0) is 4.79 Å². The number of thiophene rings is 1. The van der Waals surface area contributed by atoms with E-state index in [-0.39, 0.29) is 23.8 Å². The average Bonchev–Trinajstić information content (AvgIpc) is 2.98. The van der Waals surface area contributed by atoms with Crippen LogP contribution in [0.4, 0.5) is 0 Å². The summed E-state index contributed by atoms with van der Waals surface area (Å²) in [6.45, 7) is 5.84. The lowest BCUT2D eigenvalue weighted by Gasteiger charge is -2.35. The number of hydrogen-bond donors (Lipinski definition) is 2. The first-order valence-electron chi connectivity index (χ1n) is 8.18. The fourth-order valence-corrected chi connectivity index (χ4v) is 4.31. The molecule has 1 aliphatic rings. The number of carbonyl (C=O) groups is 1. The Hall–Kier alpha value is -2.58. The van der Waals surface area contributed by atoms with E-state index in [4.69, 9.17) is 5.41 Å². The highest BCUT2D eigenvalue weighted by Gasteiger charge is 2.36. The van der Waals surface area contributed by atoms with Crippen LogP contribution in [0.2, 0.25) is 0 Å². The van der Waals surface area contributed by atoms with Crippen molar-refractivity contribution in [2.75, 3.05) is 7.05 Å². The van der Waals surface area contributed by atoms with Gasteiger partial charge in [-0.1, -0.05) is 25.0 Å². The first kappa shape index (κ1) is 17.2. The zero-order valence-electron chi connectivity index (χ0n) is 14.8. The molecule has 0 bridgehead atoms. The van der Waals surface area contributed by atoms with Crippen LogP contribution < -0.4 is 5.32 Å². The SMILES string of the molecule is CC#Cc1cccc(-c2cc([C@H]3NC(=N)N(C)C(=O)C3C)sc2C)c1. The molecule has 4 nitrogen and oxygen atoms in total. The van der Waals surface area contributed by atoms with Crippen molar-refractivity contribution in [1.82, 2.24) is 10.2 Å². The Morgan fingerprint density at radius 3 is 2.80 bits per heavy atom. The summed E-state index contributed by atoms with van der Waals surface area (Å²) in [6.07, 6.45) is 0. The average molecular weight is 351 g/mol. The summed E-state index contributed by atoms with van der Waals surface area (Å²) in [5.74, 6) is 5.95. The van der Waals surface area contributed by atoms with E-state index in [9.17, 15) is 4.79 Å². The van der Waals surface area contributed by atoms with Crippen molar-refractivity contribution in [2.24, 2.45) is 5.92 Å². The smallest absolute Gasteiger partial charge is 0.234 e. The predicted molar refractivity (Wildman–Crippen MR) is 103 cm³/mol. The molecule has 128 valence electrons. The maximum atomic E-state index is 12.3. The van der Waals surface area contributed by atoms with Gasteiger partial charge in [-0.15, -0.1) is 17.3 Å². The number of nitrogens with one attached hydrogen (secondary N) is 2. The van der Waals surface area contributed by atoms with Gasteiger partial charge in [0.2, 0.25) is 5.91 Å². The Kier molecular flexibility index (Phi) is 4.65. The number of aryl methyl sites for hydroxylation is 1. The molecule has 25 heavy (non-hydrogen) atoms. The standard InChI is InChI=1S/C20H21N3OS/c1-5-7-14-8-6-9-15(10-14)16-11-17(25-13(16)3)18-12(2)19(24)23(4)20(21)22-18/h6,8-12,18H,1-4H3,(H2,21,22)/t12?,18-/m0/s1. The monoisotopic (exact) mass is 351 g/mol. The number of guanidine groups is 1. The Morgan fingerprint density at radius 2 is 2.08 bits per heavy atom. The first-order chi connectivity index (χ1) is 11.9. The number of carbonyl (C=O) groups excluding carboxylic acids is 1. The topological polar surface area (TPSA) is 56.2 Å². The summed E-state index contributed by atoms with van der Waals surface area (Å²) in [7, 11) is 1.63. The molecule has 1 unspecified atom stereocenters. The summed E-state index contributed by atoms with van der Waals surface area (Å²) in [6, 6.07) is 10.2. The van der Waals surface area contributed by atoms with Crippen LogP contribution in [-0.4, -0.2) is 23.8 Å². The minimum atomic E-state index is -0.206. The van der Waals surface area contributed by atoms with Crippen LogP contribution in [0.5, 0.6) is 0 Å². The van der Waals surface area contributed by atoms with E-state index in [1.54, 1.807) is 18.4 Å². The van der Waals surface area contributed by atoms with Crippen LogP contribution in [0.15, 0.2) is 30.3 Å². The lowest BCUT2D eigenvalue weighted by molar-refractivity contribution is -0.132. The van der Waals surface area contributed by atoms with Gasteiger partial charge in [0, 0.05) is 22.4 Å². The molecule has 2 heterocycles. The van der Waals surface area contributed by atoms with Gasteiger partial charge in [0.15, 0.2) is 5.96 Å². The van der Waals surface area contributed by atoms with E-state index in [0.29, 0.717) is 0 Å². The number of hydrogen-bond acceptors (Lipinski definition) is 3. The zero-order valence-corrected chi connectivity index (χ0v) is 15.6. The second kappa shape index (κ2) is 6.73. The van der Waals surface area contributed by atoms with Crippen LogP contribution in [0.25, 0.3) is 11.1 Å². The molecule has 2 atom stereocenters. The van der Waals surface area contributed by atoms with Gasteiger partial charge < -0.3 is 5.32 Å². The molecule has 1 aliphatic heterocycles. The molecular weight excluding hydrogens is 330 g/mol. The van der Waals surface area contributed by atoms with Gasteiger partial charge in [-0.2, -0.15) is 0 Å². The normalized spacial score (nSPS) is 20.1. The summed E-state index contributed by atoms with van der Waals surface area (Å²) < 4.78 is 0. The number of rotatable bonds is 2. The van der Waals surface area contributed by atoms with Crippen molar-refractivity contribution in [3.05, 3.63) is 45.6 Å². The second-order valence-electron chi connectivity index (χ2n) is 6.23. The molecule has 5 heteroatoms. The first-order valence-corrected chi connectivity index (χ1v) is 9.00. The minimum Gasteiger partial charge on any atom is -0.348 e. The molecule has 1 aromatic carbocycles. The number of amides is 1. The molecule has 1 amide bonds. The Balaban J connectivity index is 1.97. The molecular formula is C20H21N3OS. The van der Waals surface area contributed by atoms with E-state index < -0.39 is 0 Å². The summed E-state index contributed by atoms with van der Waals surface area (Å²) in [5.41, 5.74) is 3.28. The lowest BCUT2D eigenvalue weighted by Crippen LogP contribution is -2.53. The van der Waals surface area contributed by atoms with Gasteiger partial charge >= 0.3 is 0 Å². The molecule has 1 saturated heterocycles. The zero-order chi connectivity index (χ0) is 18.1. The van der Waals surface area contributed by atoms with Crippen LogP contribution in [0.3, 0.4) is 0 Å². The van der Waals surface area contributed by atoms with Crippen LogP contribution in [0.1, 0.15) is 35.2 Å². The van der Waals surface area contributed by atoms with Crippen molar-refractivity contribution in [3.8, 4) is 23.0 Å². The van der Waals surface area contributed by atoms with Crippen molar-refractivity contribution in [3.63, 3.8) is 0 Å². The maximum Gasteiger partial charge on any atom is 0.234 e. The molecule has 3 rings (SSSR count). The van der Waals surface area contributed by atoms with Crippen molar-refractivity contribution < 1.29 is 4.79 Å². The Bertz CT molecular complexity index is 903. The van der Waals surface area contributed by atoms with E-state index >= 15 is 0 Å². The highest BCUT2D eigenvalue weighted by atomic mass is 32.1. The molecule has 0 radical (unpaired) electrons. The lowest BCUT2D eigenvalue weighted by atomic mass is 9.95. The van der Waals surface area contributed by atoms with Gasteiger partial charge in [0.25, 0.3) is 0 Å². The third-order valence-corrected chi connectivity index (χ3v) is 5.67. The Labute approximate surface area is 152 Å². The Morgan fingerprint density at radius 1 is 1.32 bits per heavy atom. The van der Waals surface area contributed by atoms with E-state index in [1.807, 2.05) is 26.0 Å². The summed E-state index contributed by atoms with van der Waals surface area (Å²) >= 11 is 1.68. The molecule has 1 fully saturated rings. The molecule has 2 aromatic rings.